The molecule has 66 valence electrons. The van der Waals surface area contributed by atoms with Crippen LogP contribution in [-0.2, 0) is 5.88 Å². The van der Waals surface area contributed by atoms with Gasteiger partial charge in [0, 0.05) is 5.88 Å². The van der Waals surface area contributed by atoms with Gasteiger partial charge in [0.1, 0.15) is 0 Å². The standard InChI is InChI=1S/C9H12ClNO/c10-5-7-1-3-8(4-2-7)9(11)6-12/h1-4,9,12H,5-6,11H2. The Hall–Kier alpha value is -0.570. The van der Waals surface area contributed by atoms with E-state index in [9.17, 15) is 0 Å². The van der Waals surface area contributed by atoms with Gasteiger partial charge in [-0.15, -0.1) is 11.6 Å². The summed E-state index contributed by atoms with van der Waals surface area (Å²) in [5.74, 6) is 0.509. The summed E-state index contributed by atoms with van der Waals surface area (Å²) in [6.45, 7) is -0.0276. The quantitative estimate of drug-likeness (QED) is 0.700. The van der Waals surface area contributed by atoms with Gasteiger partial charge in [0.2, 0.25) is 0 Å². The van der Waals surface area contributed by atoms with Gasteiger partial charge in [-0.1, -0.05) is 24.3 Å². The lowest BCUT2D eigenvalue weighted by Gasteiger charge is -2.08. The molecule has 0 radical (unpaired) electrons. The van der Waals surface area contributed by atoms with Crippen LogP contribution in [0.1, 0.15) is 17.2 Å². The molecular formula is C9H12ClNO. The zero-order valence-corrected chi connectivity index (χ0v) is 7.46. The van der Waals surface area contributed by atoms with E-state index in [1.54, 1.807) is 0 Å². The number of aliphatic hydroxyl groups is 1. The van der Waals surface area contributed by atoms with Crippen LogP contribution in [-0.4, -0.2) is 11.7 Å². The van der Waals surface area contributed by atoms with Crippen LogP contribution >= 0.6 is 11.6 Å². The fraction of sp³-hybridized carbons (Fsp3) is 0.333. The third kappa shape index (κ3) is 2.21. The molecule has 1 atom stereocenters. The molecule has 0 heterocycles. The van der Waals surface area contributed by atoms with Crippen molar-refractivity contribution in [2.45, 2.75) is 11.9 Å². The van der Waals surface area contributed by atoms with Crippen LogP contribution < -0.4 is 5.73 Å². The first kappa shape index (κ1) is 9.52. The summed E-state index contributed by atoms with van der Waals surface area (Å²) in [6.07, 6.45) is 0. The van der Waals surface area contributed by atoms with Crippen LogP contribution in [0.2, 0.25) is 0 Å². The summed E-state index contributed by atoms with van der Waals surface area (Å²) < 4.78 is 0. The maximum absolute atomic E-state index is 8.76. The van der Waals surface area contributed by atoms with Crippen LogP contribution in [0.5, 0.6) is 0 Å². The van der Waals surface area contributed by atoms with Crippen molar-refractivity contribution in [2.75, 3.05) is 6.61 Å². The Bertz CT molecular complexity index is 235. The molecule has 2 nitrogen and oxygen atoms in total. The van der Waals surface area contributed by atoms with Crippen molar-refractivity contribution in [1.82, 2.24) is 0 Å². The van der Waals surface area contributed by atoms with Crippen molar-refractivity contribution in [3.05, 3.63) is 35.4 Å². The van der Waals surface area contributed by atoms with Gasteiger partial charge in [0.05, 0.1) is 12.6 Å². The minimum absolute atomic E-state index is 0.0276. The third-order valence-corrected chi connectivity index (χ3v) is 2.07. The predicted octanol–water partition coefficient (Wildman–Crippen LogP) is 1.42. The zero-order chi connectivity index (χ0) is 8.97. The normalized spacial score (nSPS) is 12.9. The van der Waals surface area contributed by atoms with E-state index >= 15 is 0 Å². The molecule has 0 bridgehead atoms. The van der Waals surface area contributed by atoms with Crippen molar-refractivity contribution in [2.24, 2.45) is 5.73 Å². The minimum Gasteiger partial charge on any atom is -0.394 e. The lowest BCUT2D eigenvalue weighted by atomic mass is 10.1. The van der Waals surface area contributed by atoms with Crippen molar-refractivity contribution >= 4 is 11.6 Å². The SMILES string of the molecule is NC(CO)c1ccc(CCl)cc1. The zero-order valence-electron chi connectivity index (χ0n) is 6.70. The second-order valence-corrected chi connectivity index (χ2v) is 2.93. The largest absolute Gasteiger partial charge is 0.394 e. The maximum Gasteiger partial charge on any atom is 0.0624 e. The first-order valence-electron chi connectivity index (χ1n) is 3.79. The van der Waals surface area contributed by atoms with Crippen LogP contribution in [0.3, 0.4) is 0 Å². The highest BCUT2D eigenvalue weighted by molar-refractivity contribution is 6.17. The smallest absolute Gasteiger partial charge is 0.0624 e. The molecule has 0 saturated heterocycles. The van der Waals surface area contributed by atoms with Crippen molar-refractivity contribution < 1.29 is 5.11 Å². The molecule has 0 fully saturated rings. The van der Waals surface area contributed by atoms with Gasteiger partial charge in [-0.2, -0.15) is 0 Å². The van der Waals surface area contributed by atoms with Crippen LogP contribution in [0.25, 0.3) is 0 Å². The monoisotopic (exact) mass is 185 g/mol. The number of benzene rings is 1. The van der Waals surface area contributed by atoms with Gasteiger partial charge >= 0.3 is 0 Å². The van der Waals surface area contributed by atoms with Gasteiger partial charge in [-0.25, -0.2) is 0 Å². The number of aliphatic hydroxyl groups excluding tert-OH is 1. The summed E-state index contributed by atoms with van der Waals surface area (Å²) in [4.78, 5) is 0. The average Bonchev–Trinajstić information content (AvgIpc) is 2.17. The van der Waals surface area contributed by atoms with Gasteiger partial charge in [0.15, 0.2) is 0 Å². The summed E-state index contributed by atoms with van der Waals surface area (Å²) in [6, 6.07) is 7.32. The highest BCUT2D eigenvalue weighted by Crippen LogP contribution is 2.11. The molecule has 0 aliphatic carbocycles. The number of rotatable bonds is 3. The first-order valence-corrected chi connectivity index (χ1v) is 4.32. The molecule has 1 rings (SSSR count). The Kier molecular flexibility index (Phi) is 3.53. The maximum atomic E-state index is 8.76. The van der Waals surface area contributed by atoms with Crippen molar-refractivity contribution in [3.8, 4) is 0 Å². The van der Waals surface area contributed by atoms with Crippen LogP contribution in [0.15, 0.2) is 24.3 Å². The Labute approximate surface area is 77.0 Å². The second kappa shape index (κ2) is 4.45. The lowest BCUT2D eigenvalue weighted by molar-refractivity contribution is 0.268. The molecule has 0 spiro atoms. The molecule has 1 unspecified atom stereocenters. The topological polar surface area (TPSA) is 46.2 Å². The fourth-order valence-electron chi connectivity index (χ4n) is 0.959. The van der Waals surface area contributed by atoms with Gasteiger partial charge in [-0.05, 0) is 11.1 Å². The minimum atomic E-state index is -0.283. The number of nitrogens with two attached hydrogens (primary N) is 1. The van der Waals surface area contributed by atoms with E-state index in [1.807, 2.05) is 24.3 Å². The highest BCUT2D eigenvalue weighted by atomic mass is 35.5. The second-order valence-electron chi connectivity index (χ2n) is 2.66. The molecule has 3 heteroatoms. The fourth-order valence-corrected chi connectivity index (χ4v) is 1.14. The van der Waals surface area contributed by atoms with Crippen molar-refractivity contribution in [1.29, 1.82) is 0 Å². The molecule has 0 amide bonds. The van der Waals surface area contributed by atoms with Gasteiger partial charge < -0.3 is 10.8 Å². The number of hydrogen-bond donors (Lipinski definition) is 2. The van der Waals surface area contributed by atoms with E-state index in [1.165, 1.54) is 0 Å². The van der Waals surface area contributed by atoms with Crippen molar-refractivity contribution in [3.63, 3.8) is 0 Å². The summed E-state index contributed by atoms with van der Waals surface area (Å²) >= 11 is 5.61. The van der Waals surface area contributed by atoms with Gasteiger partial charge in [-0.3, -0.25) is 0 Å². The van der Waals surface area contributed by atoms with Crippen LogP contribution in [0.4, 0.5) is 0 Å². The number of alkyl halides is 1. The van der Waals surface area contributed by atoms with E-state index in [0.29, 0.717) is 5.88 Å². The molecule has 1 aromatic carbocycles. The molecule has 0 saturated carbocycles. The summed E-state index contributed by atoms with van der Waals surface area (Å²) in [5, 5.41) is 8.76. The van der Waals surface area contributed by atoms with E-state index in [0.717, 1.165) is 11.1 Å². The van der Waals surface area contributed by atoms with E-state index in [4.69, 9.17) is 22.4 Å². The van der Waals surface area contributed by atoms with E-state index in [2.05, 4.69) is 0 Å². The van der Waals surface area contributed by atoms with E-state index < -0.39 is 0 Å². The Balaban J connectivity index is 2.77. The first-order chi connectivity index (χ1) is 5.77. The third-order valence-electron chi connectivity index (χ3n) is 1.76. The lowest BCUT2D eigenvalue weighted by Crippen LogP contribution is -2.14. The van der Waals surface area contributed by atoms with E-state index in [-0.39, 0.29) is 12.6 Å². The molecule has 0 aliphatic heterocycles. The Morgan fingerprint density at radius 1 is 1.33 bits per heavy atom. The molecule has 0 aliphatic rings. The predicted molar refractivity (Wildman–Crippen MR) is 50.0 cm³/mol. The molecule has 1 aromatic rings. The Morgan fingerprint density at radius 2 is 1.92 bits per heavy atom. The number of hydrogen-bond acceptors (Lipinski definition) is 2. The molecular weight excluding hydrogens is 174 g/mol. The highest BCUT2D eigenvalue weighted by Gasteiger charge is 2.02. The number of halogens is 1. The molecule has 12 heavy (non-hydrogen) atoms. The average molecular weight is 186 g/mol. The summed E-state index contributed by atoms with van der Waals surface area (Å²) in [5.41, 5.74) is 7.60. The van der Waals surface area contributed by atoms with Crippen LogP contribution in [0, 0.1) is 0 Å². The van der Waals surface area contributed by atoms with Gasteiger partial charge in [0.25, 0.3) is 0 Å². The molecule has 0 aromatic heterocycles. The Morgan fingerprint density at radius 3 is 2.33 bits per heavy atom. The summed E-state index contributed by atoms with van der Waals surface area (Å²) in [7, 11) is 0. The molecule has 3 N–H and O–H groups in total.